The summed E-state index contributed by atoms with van der Waals surface area (Å²) in [4.78, 5) is 29.5. The van der Waals surface area contributed by atoms with Crippen molar-refractivity contribution in [3.8, 4) is 5.88 Å². The summed E-state index contributed by atoms with van der Waals surface area (Å²) >= 11 is 0. The van der Waals surface area contributed by atoms with E-state index in [2.05, 4.69) is 20.8 Å². The number of aromatic nitrogens is 5. The fourth-order valence-electron chi connectivity index (χ4n) is 4.09. The Morgan fingerprint density at radius 1 is 1.14 bits per heavy atom. The molecule has 0 spiro atoms. The zero-order valence-corrected chi connectivity index (χ0v) is 17.7. The molecule has 1 aliphatic rings. The van der Waals surface area contributed by atoms with Crippen molar-refractivity contribution in [2.75, 3.05) is 0 Å². The highest BCUT2D eigenvalue weighted by Gasteiger charge is 2.39. The first-order valence-corrected chi connectivity index (χ1v) is 10.1. The van der Waals surface area contributed by atoms with Crippen molar-refractivity contribution in [2.24, 2.45) is 25.4 Å². The monoisotopic (exact) mass is 399 g/mol. The van der Waals surface area contributed by atoms with Gasteiger partial charge in [-0.3, -0.25) is 18.3 Å². The minimum atomic E-state index is -0.200. The third-order valence-electron chi connectivity index (χ3n) is 5.83. The molecule has 0 bridgehead atoms. The van der Waals surface area contributed by atoms with Crippen molar-refractivity contribution in [3.63, 3.8) is 0 Å². The lowest BCUT2D eigenvalue weighted by Gasteiger charge is -2.18. The van der Waals surface area contributed by atoms with E-state index in [1.807, 2.05) is 16.7 Å². The quantitative estimate of drug-likeness (QED) is 0.712. The Hall–Kier alpha value is -2.77. The van der Waals surface area contributed by atoms with Crippen molar-refractivity contribution in [3.05, 3.63) is 45.0 Å². The van der Waals surface area contributed by atoms with Crippen LogP contribution in [0.3, 0.4) is 0 Å². The van der Waals surface area contributed by atoms with Crippen LogP contribution >= 0.6 is 0 Å². The molecule has 156 valence electrons. The second-order valence-corrected chi connectivity index (χ2v) is 9.48. The molecule has 0 aliphatic heterocycles. The van der Waals surface area contributed by atoms with E-state index in [1.165, 1.54) is 10.8 Å². The molecular weight excluding hydrogens is 370 g/mol. The van der Waals surface area contributed by atoms with Crippen LogP contribution in [0.5, 0.6) is 5.88 Å². The van der Waals surface area contributed by atoms with Gasteiger partial charge in [0.2, 0.25) is 5.88 Å². The first kappa shape index (κ1) is 19.5. The number of aromatic hydroxyl groups is 1. The Morgan fingerprint density at radius 3 is 2.48 bits per heavy atom. The second kappa shape index (κ2) is 6.64. The lowest BCUT2D eigenvalue weighted by molar-refractivity contribution is 0.342. The van der Waals surface area contributed by atoms with Crippen LogP contribution in [0, 0.1) is 11.3 Å². The van der Waals surface area contributed by atoms with E-state index < -0.39 is 0 Å². The van der Waals surface area contributed by atoms with Gasteiger partial charge in [-0.25, -0.2) is 14.6 Å². The van der Waals surface area contributed by atoms with Crippen LogP contribution in [0.25, 0.3) is 11.2 Å². The molecule has 8 nitrogen and oxygen atoms in total. The van der Waals surface area contributed by atoms with Gasteiger partial charge in [-0.05, 0) is 36.3 Å². The largest absolute Gasteiger partial charge is 0.493 e. The molecule has 3 aromatic rings. The molecule has 3 aromatic heterocycles. The van der Waals surface area contributed by atoms with Gasteiger partial charge in [0.1, 0.15) is 0 Å². The summed E-state index contributed by atoms with van der Waals surface area (Å²) < 4.78 is 6.24. The van der Waals surface area contributed by atoms with Gasteiger partial charge < -0.3 is 5.11 Å². The summed E-state index contributed by atoms with van der Waals surface area (Å²) in [6.07, 6.45) is 3.37. The van der Waals surface area contributed by atoms with Crippen LogP contribution in [0.15, 0.2) is 27.9 Å². The number of aryl methyl sites for hydroxylation is 2. The van der Waals surface area contributed by atoms with Crippen LogP contribution in [0.1, 0.15) is 45.2 Å². The van der Waals surface area contributed by atoms with Crippen LogP contribution in [0.2, 0.25) is 0 Å². The summed E-state index contributed by atoms with van der Waals surface area (Å²) in [6, 6.07) is 4.05. The molecule has 1 saturated carbocycles. The third kappa shape index (κ3) is 3.52. The molecular formula is C21H29N5O3. The molecule has 3 heterocycles. The number of fused-ring (bicyclic) bond motifs is 1. The van der Waals surface area contributed by atoms with Crippen LogP contribution in [-0.4, -0.2) is 28.4 Å². The molecule has 4 rings (SSSR count). The molecule has 1 N–H and O–H groups in total. The van der Waals surface area contributed by atoms with Gasteiger partial charge in [0.25, 0.3) is 0 Å². The van der Waals surface area contributed by atoms with E-state index in [9.17, 15) is 14.7 Å². The molecule has 0 radical (unpaired) electrons. The molecule has 0 saturated heterocycles. The van der Waals surface area contributed by atoms with Crippen molar-refractivity contribution in [1.82, 2.24) is 23.3 Å². The Balaban J connectivity index is 1.52. The van der Waals surface area contributed by atoms with Gasteiger partial charge in [-0.2, -0.15) is 0 Å². The van der Waals surface area contributed by atoms with Gasteiger partial charge in [-0.15, -0.1) is 0 Å². The SMILES string of the molecule is Cn1c(O)cn(CCC2CC2c2ccc3c(n2)n(C)c(=O)n3CC(C)(C)C)c1=O. The van der Waals surface area contributed by atoms with E-state index in [0.29, 0.717) is 24.9 Å². The third-order valence-corrected chi connectivity index (χ3v) is 5.83. The molecule has 2 unspecified atom stereocenters. The predicted molar refractivity (Wildman–Crippen MR) is 111 cm³/mol. The summed E-state index contributed by atoms with van der Waals surface area (Å²) in [5.74, 6) is 0.798. The Morgan fingerprint density at radius 2 is 1.86 bits per heavy atom. The topological polar surface area (TPSA) is 87.0 Å². The van der Waals surface area contributed by atoms with Gasteiger partial charge in [0.05, 0.1) is 11.7 Å². The molecule has 29 heavy (non-hydrogen) atoms. The highest BCUT2D eigenvalue weighted by molar-refractivity contribution is 5.72. The lowest BCUT2D eigenvalue weighted by atomic mass is 9.97. The molecule has 8 heteroatoms. The maximum absolute atomic E-state index is 12.7. The van der Waals surface area contributed by atoms with Crippen molar-refractivity contribution < 1.29 is 5.11 Å². The minimum Gasteiger partial charge on any atom is -0.493 e. The molecule has 1 aliphatic carbocycles. The van der Waals surface area contributed by atoms with E-state index in [4.69, 9.17) is 4.98 Å². The van der Waals surface area contributed by atoms with Crippen molar-refractivity contribution >= 4 is 11.2 Å². The number of pyridine rings is 1. The predicted octanol–water partition coefficient (Wildman–Crippen LogP) is 2.18. The Kier molecular flexibility index (Phi) is 4.47. The zero-order chi connectivity index (χ0) is 21.1. The van der Waals surface area contributed by atoms with Gasteiger partial charge >= 0.3 is 11.4 Å². The Bertz CT molecular complexity index is 1190. The smallest absolute Gasteiger partial charge is 0.330 e. The second-order valence-electron chi connectivity index (χ2n) is 9.48. The van der Waals surface area contributed by atoms with E-state index in [1.54, 1.807) is 23.2 Å². The van der Waals surface area contributed by atoms with Crippen LogP contribution < -0.4 is 11.4 Å². The Labute approximate surface area is 169 Å². The summed E-state index contributed by atoms with van der Waals surface area (Å²) in [7, 11) is 3.34. The van der Waals surface area contributed by atoms with Gasteiger partial charge in [0.15, 0.2) is 5.65 Å². The van der Waals surface area contributed by atoms with E-state index >= 15 is 0 Å². The summed E-state index contributed by atoms with van der Waals surface area (Å²) in [6.45, 7) is 7.58. The van der Waals surface area contributed by atoms with E-state index in [-0.39, 0.29) is 22.7 Å². The normalized spacial score (nSPS) is 19.2. The summed E-state index contributed by atoms with van der Waals surface area (Å²) in [5, 5.41) is 9.66. The number of hydrogen-bond donors (Lipinski definition) is 1. The first-order chi connectivity index (χ1) is 13.6. The number of rotatable bonds is 5. The lowest BCUT2D eigenvalue weighted by Crippen LogP contribution is -2.27. The standard InChI is InChI=1S/C21H29N5O3/c1-21(2,3)12-26-16-7-6-15(22-18(16)24(5)20(26)29)14-10-13(14)8-9-25-11-17(27)23(4)19(25)28/h6-7,11,13-14,27H,8-10,12H2,1-5H3. The highest BCUT2D eigenvalue weighted by Crippen LogP contribution is 2.49. The molecule has 1 fully saturated rings. The van der Waals surface area contributed by atoms with Crippen molar-refractivity contribution in [2.45, 2.75) is 52.6 Å². The number of hydrogen-bond acceptors (Lipinski definition) is 4. The van der Waals surface area contributed by atoms with Crippen LogP contribution in [0.4, 0.5) is 0 Å². The number of nitrogens with zero attached hydrogens (tertiary/aromatic N) is 5. The average molecular weight is 399 g/mol. The molecule has 2 atom stereocenters. The molecule has 0 amide bonds. The molecule has 0 aromatic carbocycles. The van der Waals surface area contributed by atoms with Gasteiger partial charge in [0, 0.05) is 38.8 Å². The summed E-state index contributed by atoms with van der Waals surface area (Å²) in [5.41, 5.74) is 2.38. The first-order valence-electron chi connectivity index (χ1n) is 10.1. The minimum absolute atomic E-state index is 0.00231. The highest BCUT2D eigenvalue weighted by atomic mass is 16.3. The maximum atomic E-state index is 12.7. The zero-order valence-electron chi connectivity index (χ0n) is 17.7. The maximum Gasteiger partial charge on any atom is 0.330 e. The van der Waals surface area contributed by atoms with E-state index in [0.717, 1.165) is 29.7 Å². The number of imidazole rings is 2. The fourth-order valence-corrected chi connectivity index (χ4v) is 4.09. The average Bonchev–Trinajstić information content (AvgIpc) is 3.35. The van der Waals surface area contributed by atoms with Crippen molar-refractivity contribution in [1.29, 1.82) is 0 Å². The van der Waals surface area contributed by atoms with Gasteiger partial charge in [-0.1, -0.05) is 20.8 Å². The van der Waals surface area contributed by atoms with Crippen LogP contribution in [-0.2, 0) is 27.2 Å². The fraction of sp³-hybridized carbons (Fsp3) is 0.571.